The molecule has 5 rings (SSSR count). The highest BCUT2D eigenvalue weighted by Gasteiger charge is 2.18. The first-order valence-electron chi connectivity index (χ1n) is 12.3. The summed E-state index contributed by atoms with van der Waals surface area (Å²) in [6.45, 7) is 5.71. The summed E-state index contributed by atoms with van der Waals surface area (Å²) in [5.41, 5.74) is 4.16. The van der Waals surface area contributed by atoms with Crippen molar-refractivity contribution in [2.24, 2.45) is 5.92 Å². The van der Waals surface area contributed by atoms with Crippen molar-refractivity contribution in [2.75, 3.05) is 16.8 Å². The summed E-state index contributed by atoms with van der Waals surface area (Å²) < 4.78 is 28.1. The van der Waals surface area contributed by atoms with Gasteiger partial charge in [-0.05, 0) is 40.1 Å². The number of aromatic nitrogens is 5. The van der Waals surface area contributed by atoms with Gasteiger partial charge in [0.2, 0.25) is 0 Å². The number of anilines is 3. The quantitative estimate of drug-likeness (QED) is 0.232. The summed E-state index contributed by atoms with van der Waals surface area (Å²) in [4.78, 5) is 7.25. The maximum absolute atomic E-state index is 14.6. The van der Waals surface area contributed by atoms with Crippen LogP contribution in [-0.2, 0) is 6.54 Å². The normalized spacial score (nSPS) is 11.1. The zero-order valence-corrected chi connectivity index (χ0v) is 21.1. The highest BCUT2D eigenvalue weighted by molar-refractivity contribution is 5.81. The first-order chi connectivity index (χ1) is 18.5. The molecule has 0 saturated carbocycles. The smallest absolute Gasteiger partial charge is 0.180 e. The zero-order valence-electron chi connectivity index (χ0n) is 21.1. The Morgan fingerprint density at radius 3 is 2.37 bits per heavy atom. The standard InChI is InChI=1S/C29H27F2N7/c1-19(2)17-38(18-20-8-4-3-5-9-20)28-16-22(32-26-13-12-21(30)14-25(26)31)15-27(33-28)23-10-6-7-11-24(23)29-34-36-37-35-29/h3-16,19H,17-18H2,1-2H3,(H,32,33)(H,34,35,36,37). The maximum Gasteiger partial charge on any atom is 0.180 e. The van der Waals surface area contributed by atoms with Crippen molar-refractivity contribution in [3.8, 4) is 22.6 Å². The van der Waals surface area contributed by atoms with E-state index in [1.165, 1.54) is 12.1 Å². The second-order valence-electron chi connectivity index (χ2n) is 9.40. The third kappa shape index (κ3) is 5.83. The van der Waals surface area contributed by atoms with Gasteiger partial charge in [-0.1, -0.05) is 68.4 Å². The number of pyridine rings is 1. The molecule has 0 atom stereocenters. The second kappa shape index (κ2) is 11.2. The molecule has 9 heteroatoms. The Morgan fingerprint density at radius 1 is 0.895 bits per heavy atom. The number of rotatable bonds is 9. The summed E-state index contributed by atoms with van der Waals surface area (Å²) in [6, 6.07) is 25.0. The molecule has 0 radical (unpaired) electrons. The van der Waals surface area contributed by atoms with Crippen LogP contribution >= 0.6 is 0 Å². The van der Waals surface area contributed by atoms with E-state index in [4.69, 9.17) is 4.98 Å². The molecule has 0 bridgehead atoms. The van der Waals surface area contributed by atoms with Crippen molar-refractivity contribution in [1.29, 1.82) is 0 Å². The molecule has 0 unspecified atom stereocenters. The first kappa shape index (κ1) is 25.0. The van der Waals surface area contributed by atoms with Crippen LogP contribution in [0.2, 0.25) is 0 Å². The number of nitrogens with one attached hydrogen (secondary N) is 2. The average Bonchev–Trinajstić information content (AvgIpc) is 3.45. The number of H-pyrrole nitrogens is 1. The molecule has 2 aromatic heterocycles. The number of aromatic amines is 1. The summed E-state index contributed by atoms with van der Waals surface area (Å²) in [5.74, 6) is 0.277. The van der Waals surface area contributed by atoms with Crippen LogP contribution in [0.4, 0.5) is 26.0 Å². The van der Waals surface area contributed by atoms with E-state index in [1.54, 1.807) is 0 Å². The van der Waals surface area contributed by atoms with Gasteiger partial charge in [0.15, 0.2) is 5.82 Å². The first-order valence-corrected chi connectivity index (χ1v) is 12.3. The van der Waals surface area contributed by atoms with Crippen LogP contribution in [0.25, 0.3) is 22.6 Å². The molecule has 0 fully saturated rings. The number of nitrogens with zero attached hydrogens (tertiary/aromatic N) is 5. The molecule has 38 heavy (non-hydrogen) atoms. The molecule has 0 saturated heterocycles. The molecule has 0 aliphatic heterocycles. The van der Waals surface area contributed by atoms with Crippen LogP contribution in [0.15, 0.2) is 84.9 Å². The van der Waals surface area contributed by atoms with Gasteiger partial charge in [-0.2, -0.15) is 0 Å². The minimum atomic E-state index is -0.679. The highest BCUT2D eigenvalue weighted by Crippen LogP contribution is 2.34. The number of benzene rings is 3. The minimum Gasteiger partial charge on any atom is -0.353 e. The Morgan fingerprint density at radius 2 is 1.66 bits per heavy atom. The largest absolute Gasteiger partial charge is 0.353 e. The lowest BCUT2D eigenvalue weighted by atomic mass is 10.0. The van der Waals surface area contributed by atoms with E-state index < -0.39 is 11.6 Å². The van der Waals surface area contributed by atoms with Gasteiger partial charge >= 0.3 is 0 Å². The van der Waals surface area contributed by atoms with Crippen LogP contribution in [0.5, 0.6) is 0 Å². The van der Waals surface area contributed by atoms with Crippen molar-refractivity contribution < 1.29 is 8.78 Å². The van der Waals surface area contributed by atoms with Crippen LogP contribution < -0.4 is 10.2 Å². The van der Waals surface area contributed by atoms with Crippen LogP contribution in [0, 0.1) is 17.6 Å². The fraction of sp³-hybridized carbons (Fsp3) is 0.172. The molecule has 5 aromatic rings. The van der Waals surface area contributed by atoms with E-state index in [2.05, 4.69) is 56.8 Å². The SMILES string of the molecule is CC(C)CN(Cc1ccccc1)c1cc(Nc2ccc(F)cc2F)cc(-c2ccccc2-c2nnn[nH]2)n1. The molecule has 2 heterocycles. The molecule has 0 aliphatic carbocycles. The van der Waals surface area contributed by atoms with Gasteiger partial charge in [0.1, 0.15) is 17.5 Å². The molecular formula is C29H27F2N7. The lowest BCUT2D eigenvalue weighted by Crippen LogP contribution is -2.28. The van der Waals surface area contributed by atoms with Gasteiger partial charge in [-0.15, -0.1) is 5.10 Å². The molecule has 0 aliphatic rings. The lowest BCUT2D eigenvalue weighted by Gasteiger charge is -2.27. The molecule has 3 aromatic carbocycles. The van der Waals surface area contributed by atoms with Crippen LogP contribution in [0.1, 0.15) is 19.4 Å². The minimum absolute atomic E-state index is 0.167. The summed E-state index contributed by atoms with van der Waals surface area (Å²) in [6.07, 6.45) is 0. The van der Waals surface area contributed by atoms with Gasteiger partial charge in [0, 0.05) is 42.0 Å². The lowest BCUT2D eigenvalue weighted by molar-refractivity contribution is 0.586. The van der Waals surface area contributed by atoms with Crippen molar-refractivity contribution >= 4 is 17.2 Å². The molecule has 2 N–H and O–H groups in total. The van der Waals surface area contributed by atoms with Crippen molar-refractivity contribution in [3.63, 3.8) is 0 Å². The van der Waals surface area contributed by atoms with Gasteiger partial charge < -0.3 is 10.2 Å². The van der Waals surface area contributed by atoms with Crippen LogP contribution in [-0.4, -0.2) is 32.2 Å². The highest BCUT2D eigenvalue weighted by atomic mass is 19.1. The number of hydrogen-bond donors (Lipinski definition) is 2. The molecule has 7 nitrogen and oxygen atoms in total. The Kier molecular flexibility index (Phi) is 7.35. The zero-order chi connectivity index (χ0) is 26.5. The summed E-state index contributed by atoms with van der Waals surface area (Å²) in [7, 11) is 0. The fourth-order valence-electron chi connectivity index (χ4n) is 4.30. The van der Waals surface area contributed by atoms with E-state index in [0.717, 1.165) is 35.1 Å². The van der Waals surface area contributed by atoms with Gasteiger partial charge in [0.05, 0.1) is 11.4 Å². The average molecular weight is 512 g/mol. The third-order valence-corrected chi connectivity index (χ3v) is 5.95. The van der Waals surface area contributed by atoms with E-state index in [-0.39, 0.29) is 5.69 Å². The van der Waals surface area contributed by atoms with E-state index in [1.807, 2.05) is 54.6 Å². The Labute approximate surface area is 219 Å². The fourth-order valence-corrected chi connectivity index (χ4v) is 4.30. The van der Waals surface area contributed by atoms with Crippen LogP contribution in [0.3, 0.4) is 0 Å². The third-order valence-electron chi connectivity index (χ3n) is 5.95. The molecule has 0 spiro atoms. The number of hydrogen-bond acceptors (Lipinski definition) is 6. The Bertz CT molecular complexity index is 1510. The predicted molar refractivity (Wildman–Crippen MR) is 145 cm³/mol. The number of halogens is 2. The summed E-state index contributed by atoms with van der Waals surface area (Å²) in [5, 5.41) is 17.4. The second-order valence-corrected chi connectivity index (χ2v) is 9.40. The maximum atomic E-state index is 14.6. The topological polar surface area (TPSA) is 82.6 Å². The molecule has 0 amide bonds. The number of tetrazole rings is 1. The van der Waals surface area contributed by atoms with Gasteiger partial charge in [-0.3, -0.25) is 0 Å². The molecule has 192 valence electrons. The van der Waals surface area contributed by atoms with E-state index >= 15 is 0 Å². The van der Waals surface area contributed by atoms with Gasteiger partial charge in [-0.25, -0.2) is 18.9 Å². The Hall–Kier alpha value is -4.66. The summed E-state index contributed by atoms with van der Waals surface area (Å²) >= 11 is 0. The molecular weight excluding hydrogens is 484 g/mol. The van der Waals surface area contributed by atoms with E-state index in [0.29, 0.717) is 29.7 Å². The van der Waals surface area contributed by atoms with E-state index in [9.17, 15) is 8.78 Å². The Balaban J connectivity index is 1.63. The van der Waals surface area contributed by atoms with Crippen molar-refractivity contribution in [3.05, 3.63) is 102 Å². The van der Waals surface area contributed by atoms with Crippen molar-refractivity contribution in [1.82, 2.24) is 25.6 Å². The van der Waals surface area contributed by atoms with Crippen molar-refractivity contribution in [2.45, 2.75) is 20.4 Å². The predicted octanol–water partition coefficient (Wildman–Crippen LogP) is 6.61. The monoisotopic (exact) mass is 511 g/mol. The van der Waals surface area contributed by atoms with Gasteiger partial charge in [0.25, 0.3) is 0 Å².